The van der Waals surface area contributed by atoms with Gasteiger partial charge in [-0.05, 0) is 36.7 Å². The molecule has 4 heteroatoms. The van der Waals surface area contributed by atoms with Gasteiger partial charge in [-0.1, -0.05) is 33.8 Å². The number of ether oxygens (including phenoxy) is 2. The second-order valence-electron chi connectivity index (χ2n) is 5.89. The Morgan fingerprint density at radius 1 is 1.14 bits per heavy atom. The summed E-state index contributed by atoms with van der Waals surface area (Å²) in [5, 5.41) is 3.48. The Kier molecular flexibility index (Phi) is 8.94. The third-order valence-electron chi connectivity index (χ3n) is 3.63. The highest BCUT2D eigenvalue weighted by Crippen LogP contribution is 2.28. The first-order valence-electron chi connectivity index (χ1n) is 8.33. The van der Waals surface area contributed by atoms with Crippen LogP contribution in [-0.4, -0.2) is 44.8 Å². The second kappa shape index (κ2) is 10.5. The first-order chi connectivity index (χ1) is 10.6. The molecule has 0 saturated heterocycles. The number of methoxy groups -OCH3 is 1. The average Bonchev–Trinajstić information content (AvgIpc) is 2.53. The molecular formula is C18H32N2O2. The van der Waals surface area contributed by atoms with E-state index in [9.17, 15) is 0 Å². The van der Waals surface area contributed by atoms with E-state index in [0.29, 0.717) is 12.5 Å². The van der Waals surface area contributed by atoms with E-state index in [1.807, 2.05) is 6.07 Å². The lowest BCUT2D eigenvalue weighted by atomic mass is 10.2. The molecule has 0 aliphatic carbocycles. The van der Waals surface area contributed by atoms with Gasteiger partial charge in [0, 0.05) is 19.6 Å². The number of nitrogens with one attached hydrogen (secondary N) is 1. The molecule has 0 aliphatic heterocycles. The van der Waals surface area contributed by atoms with Gasteiger partial charge < -0.3 is 19.7 Å². The quantitative estimate of drug-likeness (QED) is 0.637. The topological polar surface area (TPSA) is 33.7 Å². The number of nitrogens with zero attached hydrogens (tertiary/aromatic N) is 1. The Morgan fingerprint density at radius 2 is 1.86 bits per heavy atom. The fraction of sp³-hybridized carbons (Fsp3) is 0.667. The smallest absolute Gasteiger partial charge is 0.161 e. The van der Waals surface area contributed by atoms with Crippen LogP contribution in [0.2, 0.25) is 0 Å². The van der Waals surface area contributed by atoms with Crippen molar-refractivity contribution in [1.82, 2.24) is 10.2 Å². The Morgan fingerprint density at radius 3 is 2.45 bits per heavy atom. The molecule has 4 nitrogen and oxygen atoms in total. The highest BCUT2D eigenvalue weighted by molar-refractivity contribution is 5.42. The molecule has 0 saturated carbocycles. The lowest BCUT2D eigenvalue weighted by Gasteiger charge is -2.18. The second-order valence-corrected chi connectivity index (χ2v) is 5.89. The normalized spacial score (nSPS) is 11.2. The van der Waals surface area contributed by atoms with Crippen molar-refractivity contribution in [2.45, 2.75) is 34.2 Å². The largest absolute Gasteiger partial charge is 0.493 e. The van der Waals surface area contributed by atoms with Gasteiger partial charge in [0.25, 0.3) is 0 Å². The van der Waals surface area contributed by atoms with Crippen molar-refractivity contribution in [3.8, 4) is 11.5 Å². The maximum Gasteiger partial charge on any atom is 0.161 e. The van der Waals surface area contributed by atoms with E-state index in [4.69, 9.17) is 9.47 Å². The molecule has 1 aromatic rings. The Bertz CT molecular complexity index is 418. The molecule has 0 radical (unpaired) electrons. The summed E-state index contributed by atoms with van der Waals surface area (Å²) in [5.41, 5.74) is 1.22. The van der Waals surface area contributed by atoms with E-state index in [-0.39, 0.29) is 0 Å². The first kappa shape index (κ1) is 18.8. The summed E-state index contributed by atoms with van der Waals surface area (Å²) in [6, 6.07) is 6.16. The fourth-order valence-electron chi connectivity index (χ4n) is 2.21. The Hall–Kier alpha value is -1.26. The number of hydrogen-bond donors (Lipinski definition) is 1. The summed E-state index contributed by atoms with van der Waals surface area (Å²) in [5.74, 6) is 2.14. The lowest BCUT2D eigenvalue weighted by Crippen LogP contribution is -2.31. The van der Waals surface area contributed by atoms with E-state index < -0.39 is 0 Å². The molecule has 0 unspecified atom stereocenters. The van der Waals surface area contributed by atoms with Gasteiger partial charge in [0.05, 0.1) is 13.7 Å². The van der Waals surface area contributed by atoms with Crippen LogP contribution >= 0.6 is 0 Å². The number of rotatable bonds is 11. The van der Waals surface area contributed by atoms with Crippen LogP contribution in [-0.2, 0) is 6.54 Å². The molecule has 1 rings (SSSR count). The molecule has 0 fully saturated rings. The third-order valence-corrected chi connectivity index (χ3v) is 3.63. The highest BCUT2D eigenvalue weighted by Gasteiger charge is 2.07. The van der Waals surface area contributed by atoms with Crippen molar-refractivity contribution in [3.63, 3.8) is 0 Å². The van der Waals surface area contributed by atoms with Crippen molar-refractivity contribution < 1.29 is 9.47 Å². The molecule has 0 amide bonds. The van der Waals surface area contributed by atoms with E-state index in [2.05, 4.69) is 50.0 Å². The Labute approximate surface area is 135 Å². The van der Waals surface area contributed by atoms with Crippen molar-refractivity contribution in [1.29, 1.82) is 0 Å². The lowest BCUT2D eigenvalue weighted by molar-refractivity contribution is 0.256. The molecule has 22 heavy (non-hydrogen) atoms. The summed E-state index contributed by atoms with van der Waals surface area (Å²) in [6.45, 7) is 14.5. The zero-order chi connectivity index (χ0) is 16.4. The van der Waals surface area contributed by atoms with E-state index in [1.54, 1.807) is 7.11 Å². The van der Waals surface area contributed by atoms with Gasteiger partial charge in [0.2, 0.25) is 0 Å². The average molecular weight is 308 g/mol. The maximum atomic E-state index is 5.78. The fourth-order valence-corrected chi connectivity index (χ4v) is 2.21. The maximum absolute atomic E-state index is 5.78. The van der Waals surface area contributed by atoms with E-state index >= 15 is 0 Å². The van der Waals surface area contributed by atoms with Gasteiger partial charge in [-0.15, -0.1) is 0 Å². The SMILES string of the molecule is CCN(CC)CCNCc1ccc(OCC(C)C)c(OC)c1. The minimum absolute atomic E-state index is 0.506. The summed E-state index contributed by atoms with van der Waals surface area (Å²) >= 11 is 0. The number of benzene rings is 1. The number of likely N-dealkylation sites (N-methyl/N-ethyl adjacent to an activating group) is 1. The zero-order valence-corrected chi connectivity index (χ0v) is 14.8. The zero-order valence-electron chi connectivity index (χ0n) is 14.8. The molecule has 1 N–H and O–H groups in total. The van der Waals surface area contributed by atoms with Crippen LogP contribution in [0, 0.1) is 5.92 Å². The van der Waals surface area contributed by atoms with Crippen LogP contribution in [0.25, 0.3) is 0 Å². The van der Waals surface area contributed by atoms with Crippen LogP contribution in [0.5, 0.6) is 11.5 Å². The monoisotopic (exact) mass is 308 g/mol. The van der Waals surface area contributed by atoms with Crippen molar-refractivity contribution in [3.05, 3.63) is 23.8 Å². The first-order valence-corrected chi connectivity index (χ1v) is 8.33. The van der Waals surface area contributed by atoms with E-state index in [1.165, 1.54) is 5.56 Å². The number of hydrogen-bond acceptors (Lipinski definition) is 4. The van der Waals surface area contributed by atoms with Gasteiger partial charge >= 0.3 is 0 Å². The van der Waals surface area contributed by atoms with Crippen LogP contribution in [0.4, 0.5) is 0 Å². The van der Waals surface area contributed by atoms with Gasteiger partial charge in [0.15, 0.2) is 11.5 Å². The van der Waals surface area contributed by atoms with Crippen LogP contribution in [0.3, 0.4) is 0 Å². The van der Waals surface area contributed by atoms with Crippen molar-refractivity contribution in [2.75, 3.05) is 39.9 Å². The summed E-state index contributed by atoms with van der Waals surface area (Å²) < 4.78 is 11.2. The Balaban J connectivity index is 2.47. The molecule has 0 heterocycles. The van der Waals surface area contributed by atoms with Crippen molar-refractivity contribution in [2.24, 2.45) is 5.92 Å². The summed E-state index contributed by atoms with van der Waals surface area (Å²) in [6.07, 6.45) is 0. The molecule has 0 aromatic heterocycles. The molecule has 126 valence electrons. The van der Waals surface area contributed by atoms with Gasteiger partial charge in [0.1, 0.15) is 0 Å². The minimum atomic E-state index is 0.506. The summed E-state index contributed by atoms with van der Waals surface area (Å²) in [7, 11) is 1.69. The standard InChI is InChI=1S/C18H32N2O2/c1-6-20(7-2)11-10-19-13-16-8-9-17(18(12-16)21-5)22-14-15(3)4/h8-9,12,15,19H,6-7,10-11,13-14H2,1-5H3. The van der Waals surface area contributed by atoms with E-state index in [0.717, 1.165) is 44.2 Å². The van der Waals surface area contributed by atoms with Crippen LogP contribution < -0.4 is 14.8 Å². The molecule has 0 aliphatic rings. The highest BCUT2D eigenvalue weighted by atomic mass is 16.5. The molecular weight excluding hydrogens is 276 g/mol. The minimum Gasteiger partial charge on any atom is -0.493 e. The predicted octanol–water partition coefficient (Wildman–Crippen LogP) is 3.16. The summed E-state index contributed by atoms with van der Waals surface area (Å²) in [4.78, 5) is 2.41. The van der Waals surface area contributed by atoms with Gasteiger partial charge in [-0.2, -0.15) is 0 Å². The van der Waals surface area contributed by atoms with Crippen LogP contribution in [0.1, 0.15) is 33.3 Å². The van der Waals surface area contributed by atoms with Crippen molar-refractivity contribution >= 4 is 0 Å². The molecule has 0 spiro atoms. The molecule has 0 bridgehead atoms. The van der Waals surface area contributed by atoms with Gasteiger partial charge in [-0.3, -0.25) is 0 Å². The molecule has 0 atom stereocenters. The van der Waals surface area contributed by atoms with Crippen LogP contribution in [0.15, 0.2) is 18.2 Å². The molecule has 1 aromatic carbocycles. The predicted molar refractivity (Wildman–Crippen MR) is 92.8 cm³/mol. The third kappa shape index (κ3) is 6.67. The van der Waals surface area contributed by atoms with Gasteiger partial charge in [-0.25, -0.2) is 0 Å².